The minimum atomic E-state index is -0.572. The van der Waals surface area contributed by atoms with Crippen molar-refractivity contribution in [3.63, 3.8) is 0 Å². The van der Waals surface area contributed by atoms with Crippen LogP contribution in [0.15, 0.2) is 70.3 Å². The second-order valence-electron chi connectivity index (χ2n) is 5.25. The highest BCUT2D eigenvalue weighted by Gasteiger charge is 2.12. The highest BCUT2D eigenvalue weighted by Crippen LogP contribution is 2.17. The lowest BCUT2D eigenvalue weighted by Crippen LogP contribution is -2.23. The van der Waals surface area contributed by atoms with Gasteiger partial charge in [0.25, 0.3) is 11.1 Å². The summed E-state index contributed by atoms with van der Waals surface area (Å²) in [5, 5.41) is 10.8. The molecular formula is C19H16FN3O2S. The fraction of sp³-hybridized carbons (Fsp3) is 0.105. The fourth-order valence-corrected chi connectivity index (χ4v) is 2.72. The van der Waals surface area contributed by atoms with Crippen molar-refractivity contribution < 1.29 is 13.6 Å². The Morgan fingerprint density at radius 3 is 2.69 bits per heavy atom. The van der Waals surface area contributed by atoms with Gasteiger partial charge in [-0.3, -0.25) is 4.79 Å². The van der Waals surface area contributed by atoms with E-state index in [0.717, 1.165) is 5.56 Å². The summed E-state index contributed by atoms with van der Waals surface area (Å²) < 4.78 is 19.0. The van der Waals surface area contributed by atoms with Crippen LogP contribution in [0.2, 0.25) is 0 Å². The van der Waals surface area contributed by atoms with Gasteiger partial charge >= 0.3 is 0 Å². The summed E-state index contributed by atoms with van der Waals surface area (Å²) in [7, 11) is 0. The maximum absolute atomic E-state index is 13.5. The summed E-state index contributed by atoms with van der Waals surface area (Å²) >= 11 is 1.39. The van der Waals surface area contributed by atoms with Crippen LogP contribution in [0.25, 0.3) is 6.08 Å². The second-order valence-corrected chi connectivity index (χ2v) is 6.22. The van der Waals surface area contributed by atoms with Crippen molar-refractivity contribution in [1.82, 2.24) is 15.5 Å². The van der Waals surface area contributed by atoms with E-state index < -0.39 is 11.7 Å². The first-order valence-electron chi connectivity index (χ1n) is 7.92. The number of hydrogen-bond donors (Lipinski definition) is 1. The first-order valence-corrected chi connectivity index (χ1v) is 8.90. The van der Waals surface area contributed by atoms with E-state index in [1.807, 2.05) is 42.5 Å². The minimum absolute atomic E-state index is 0.0207. The van der Waals surface area contributed by atoms with Gasteiger partial charge in [-0.1, -0.05) is 66.4 Å². The number of aromatic nitrogens is 2. The molecule has 0 saturated heterocycles. The summed E-state index contributed by atoms with van der Waals surface area (Å²) in [4.78, 5) is 11.9. The van der Waals surface area contributed by atoms with Crippen LogP contribution in [0.4, 0.5) is 4.39 Å². The van der Waals surface area contributed by atoms with E-state index in [1.165, 1.54) is 30.0 Å². The monoisotopic (exact) mass is 369 g/mol. The molecule has 0 atom stereocenters. The first-order chi connectivity index (χ1) is 12.7. The topological polar surface area (TPSA) is 68.0 Å². The molecule has 0 saturated carbocycles. The fourth-order valence-electron chi connectivity index (χ4n) is 2.13. The lowest BCUT2D eigenvalue weighted by Gasteiger charge is -2.03. The molecule has 3 rings (SSSR count). The Hall–Kier alpha value is -2.93. The Morgan fingerprint density at radius 1 is 1.12 bits per heavy atom. The Kier molecular flexibility index (Phi) is 6.16. The van der Waals surface area contributed by atoms with E-state index >= 15 is 0 Å². The number of hydrogen-bond acceptors (Lipinski definition) is 5. The largest absolute Gasteiger partial charge is 0.414 e. The van der Waals surface area contributed by atoms with Crippen molar-refractivity contribution in [2.24, 2.45) is 0 Å². The highest BCUT2D eigenvalue weighted by atomic mass is 32.2. The molecule has 0 aliphatic carbocycles. The molecule has 1 N–H and O–H groups in total. The zero-order valence-electron chi connectivity index (χ0n) is 13.8. The molecule has 5 nitrogen and oxygen atoms in total. The third kappa shape index (κ3) is 5.03. The van der Waals surface area contributed by atoms with Crippen LogP contribution in [0.5, 0.6) is 0 Å². The number of amides is 1. The molecule has 0 bridgehead atoms. The number of nitrogens with zero attached hydrogens (tertiary/aromatic N) is 2. The van der Waals surface area contributed by atoms with E-state index in [-0.39, 0.29) is 18.0 Å². The van der Waals surface area contributed by atoms with Crippen LogP contribution in [-0.2, 0) is 6.54 Å². The highest BCUT2D eigenvalue weighted by molar-refractivity contribution is 7.99. The summed E-state index contributed by atoms with van der Waals surface area (Å²) in [6.45, 7) is 0.0422. The summed E-state index contributed by atoms with van der Waals surface area (Å²) in [6, 6.07) is 15.7. The molecule has 2 aromatic carbocycles. The maximum Gasteiger partial charge on any atom is 0.276 e. The first kappa shape index (κ1) is 17.9. The molecule has 1 heterocycles. The number of rotatable bonds is 7. The maximum atomic E-state index is 13.5. The molecule has 0 radical (unpaired) electrons. The van der Waals surface area contributed by atoms with Crippen LogP contribution in [0.1, 0.15) is 21.8 Å². The number of halogens is 1. The summed E-state index contributed by atoms with van der Waals surface area (Å²) in [5.41, 5.74) is 1.10. The van der Waals surface area contributed by atoms with Gasteiger partial charge in [0, 0.05) is 5.75 Å². The normalized spacial score (nSPS) is 11.0. The van der Waals surface area contributed by atoms with Crippen LogP contribution in [0, 0.1) is 5.82 Å². The number of thioether (sulfide) groups is 1. The number of benzene rings is 2. The van der Waals surface area contributed by atoms with Crippen LogP contribution < -0.4 is 5.32 Å². The predicted molar refractivity (Wildman–Crippen MR) is 98.1 cm³/mol. The molecular weight excluding hydrogens is 353 g/mol. The van der Waals surface area contributed by atoms with Crippen molar-refractivity contribution >= 4 is 23.7 Å². The van der Waals surface area contributed by atoms with Gasteiger partial charge in [0.1, 0.15) is 5.82 Å². The van der Waals surface area contributed by atoms with Gasteiger partial charge in [-0.25, -0.2) is 4.39 Å². The van der Waals surface area contributed by atoms with Gasteiger partial charge in [-0.05, 0) is 17.7 Å². The molecule has 0 spiro atoms. The Labute approximate surface area is 154 Å². The molecule has 1 aromatic heterocycles. The van der Waals surface area contributed by atoms with Crippen LogP contribution in [0.3, 0.4) is 0 Å². The van der Waals surface area contributed by atoms with E-state index in [4.69, 9.17) is 4.42 Å². The zero-order chi connectivity index (χ0) is 18.2. The molecule has 7 heteroatoms. The van der Waals surface area contributed by atoms with Gasteiger partial charge in [-0.2, -0.15) is 0 Å². The molecule has 0 aliphatic heterocycles. The minimum Gasteiger partial charge on any atom is -0.414 e. The lowest BCUT2D eigenvalue weighted by molar-refractivity contribution is 0.0942. The molecule has 0 aliphatic rings. The zero-order valence-corrected chi connectivity index (χ0v) is 14.6. The predicted octanol–water partition coefficient (Wildman–Crippen LogP) is 3.94. The van der Waals surface area contributed by atoms with E-state index in [1.54, 1.807) is 6.07 Å². The molecule has 3 aromatic rings. The number of carbonyl (C=O) groups excluding carboxylic acids is 1. The third-order valence-electron chi connectivity index (χ3n) is 3.38. The van der Waals surface area contributed by atoms with Gasteiger partial charge in [-0.15, -0.1) is 10.2 Å². The SMILES string of the molecule is O=C(NCc1nnc(SC/C=C/c2ccccc2)o1)c1ccccc1F. The molecule has 0 fully saturated rings. The molecule has 26 heavy (non-hydrogen) atoms. The molecule has 0 unspecified atom stereocenters. The van der Waals surface area contributed by atoms with Crippen LogP contribution in [-0.4, -0.2) is 21.9 Å². The Morgan fingerprint density at radius 2 is 1.88 bits per heavy atom. The standard InChI is InChI=1S/C19H16FN3O2S/c20-16-11-5-4-10-15(16)18(24)21-13-17-22-23-19(25-17)26-12-6-9-14-7-2-1-3-8-14/h1-11H,12-13H2,(H,21,24)/b9-6+. The van der Waals surface area contributed by atoms with E-state index in [9.17, 15) is 9.18 Å². The van der Waals surface area contributed by atoms with E-state index in [2.05, 4.69) is 15.5 Å². The van der Waals surface area contributed by atoms with Crippen molar-refractivity contribution in [2.75, 3.05) is 5.75 Å². The average Bonchev–Trinajstić information content (AvgIpc) is 3.12. The lowest BCUT2D eigenvalue weighted by atomic mass is 10.2. The number of carbonyl (C=O) groups is 1. The smallest absolute Gasteiger partial charge is 0.276 e. The van der Waals surface area contributed by atoms with E-state index in [0.29, 0.717) is 11.0 Å². The number of nitrogens with one attached hydrogen (secondary N) is 1. The molecule has 132 valence electrons. The van der Waals surface area contributed by atoms with Crippen molar-refractivity contribution in [3.05, 3.63) is 83.5 Å². The van der Waals surface area contributed by atoms with Crippen molar-refractivity contribution in [2.45, 2.75) is 11.8 Å². The van der Waals surface area contributed by atoms with Crippen LogP contribution >= 0.6 is 11.8 Å². The third-order valence-corrected chi connectivity index (χ3v) is 4.15. The van der Waals surface area contributed by atoms with Gasteiger partial charge in [0.05, 0.1) is 12.1 Å². The molecule has 1 amide bonds. The summed E-state index contributed by atoms with van der Waals surface area (Å²) in [5.74, 6) is -0.152. The van der Waals surface area contributed by atoms with Crippen molar-refractivity contribution in [1.29, 1.82) is 0 Å². The Bertz CT molecular complexity index is 897. The van der Waals surface area contributed by atoms with Gasteiger partial charge in [0.2, 0.25) is 5.89 Å². The average molecular weight is 369 g/mol. The van der Waals surface area contributed by atoms with Crippen molar-refractivity contribution in [3.8, 4) is 0 Å². The van der Waals surface area contributed by atoms with Gasteiger partial charge < -0.3 is 9.73 Å². The van der Waals surface area contributed by atoms with Gasteiger partial charge in [0.15, 0.2) is 0 Å². The quantitative estimate of drug-likeness (QED) is 0.639. The Balaban J connectivity index is 1.47. The second kappa shape index (κ2) is 8.96. The summed E-state index contributed by atoms with van der Waals surface area (Å²) in [6.07, 6.45) is 4.02.